The van der Waals surface area contributed by atoms with Crippen LogP contribution in [0.1, 0.15) is 39.5 Å². The van der Waals surface area contributed by atoms with E-state index in [0.717, 1.165) is 12.6 Å². The van der Waals surface area contributed by atoms with E-state index in [4.69, 9.17) is 4.74 Å². The first-order chi connectivity index (χ1) is 7.64. The molecule has 16 heavy (non-hydrogen) atoms. The second kappa shape index (κ2) is 5.03. The SMILES string of the molecule is COC1CC(NCCCNC2CC2)C1(C)C. The fourth-order valence-electron chi connectivity index (χ4n) is 2.59. The standard InChI is InChI=1S/C13H26N2O/c1-13(2)11(9-12(13)16-3)15-8-4-7-14-10-5-6-10/h10-12,14-15H,4-9H2,1-3H3. The fourth-order valence-corrected chi connectivity index (χ4v) is 2.59. The predicted molar refractivity (Wildman–Crippen MR) is 66.6 cm³/mol. The van der Waals surface area contributed by atoms with E-state index in [2.05, 4.69) is 24.5 Å². The Morgan fingerprint density at radius 3 is 2.44 bits per heavy atom. The molecule has 2 atom stereocenters. The van der Waals surface area contributed by atoms with Crippen LogP contribution in [0.5, 0.6) is 0 Å². The molecule has 2 saturated carbocycles. The van der Waals surface area contributed by atoms with Crippen LogP contribution in [0, 0.1) is 5.41 Å². The van der Waals surface area contributed by atoms with Crippen LogP contribution in [-0.4, -0.2) is 38.4 Å². The van der Waals surface area contributed by atoms with Crippen LogP contribution in [-0.2, 0) is 4.74 Å². The number of hydrogen-bond donors (Lipinski definition) is 2. The number of nitrogens with one attached hydrogen (secondary N) is 2. The van der Waals surface area contributed by atoms with Crippen molar-refractivity contribution < 1.29 is 4.74 Å². The second-order valence-electron chi connectivity index (χ2n) is 5.87. The molecule has 0 aromatic heterocycles. The summed E-state index contributed by atoms with van der Waals surface area (Å²) < 4.78 is 5.45. The van der Waals surface area contributed by atoms with Crippen molar-refractivity contribution in [3.8, 4) is 0 Å². The number of rotatable bonds is 7. The quantitative estimate of drug-likeness (QED) is 0.646. The maximum Gasteiger partial charge on any atom is 0.0652 e. The normalized spacial score (nSPS) is 32.4. The van der Waals surface area contributed by atoms with Gasteiger partial charge in [0.05, 0.1) is 6.10 Å². The number of hydrogen-bond acceptors (Lipinski definition) is 3. The molecule has 0 bridgehead atoms. The Morgan fingerprint density at radius 1 is 1.19 bits per heavy atom. The minimum atomic E-state index is 0.304. The van der Waals surface area contributed by atoms with Crippen molar-refractivity contribution in [2.45, 2.75) is 57.7 Å². The molecule has 3 heteroatoms. The second-order valence-corrected chi connectivity index (χ2v) is 5.87. The Labute approximate surface area is 99.3 Å². The number of methoxy groups -OCH3 is 1. The lowest BCUT2D eigenvalue weighted by atomic mass is 9.64. The third-order valence-electron chi connectivity index (χ3n) is 4.22. The van der Waals surface area contributed by atoms with Gasteiger partial charge < -0.3 is 15.4 Å². The number of ether oxygens (including phenoxy) is 1. The van der Waals surface area contributed by atoms with E-state index in [1.165, 1.54) is 32.2 Å². The van der Waals surface area contributed by atoms with Gasteiger partial charge in [0.1, 0.15) is 0 Å². The van der Waals surface area contributed by atoms with Crippen LogP contribution in [0.3, 0.4) is 0 Å². The zero-order valence-electron chi connectivity index (χ0n) is 10.9. The van der Waals surface area contributed by atoms with E-state index in [0.29, 0.717) is 17.6 Å². The van der Waals surface area contributed by atoms with Crippen molar-refractivity contribution >= 4 is 0 Å². The smallest absolute Gasteiger partial charge is 0.0652 e. The Hall–Kier alpha value is -0.120. The van der Waals surface area contributed by atoms with Gasteiger partial charge in [-0.25, -0.2) is 0 Å². The van der Waals surface area contributed by atoms with Gasteiger partial charge in [0.15, 0.2) is 0 Å². The molecule has 2 unspecified atom stereocenters. The monoisotopic (exact) mass is 226 g/mol. The van der Waals surface area contributed by atoms with E-state index in [1.54, 1.807) is 0 Å². The summed E-state index contributed by atoms with van der Waals surface area (Å²) in [5.74, 6) is 0. The topological polar surface area (TPSA) is 33.3 Å². The summed E-state index contributed by atoms with van der Waals surface area (Å²) in [6.45, 7) is 6.89. The van der Waals surface area contributed by atoms with Crippen LogP contribution >= 0.6 is 0 Å². The van der Waals surface area contributed by atoms with Crippen LogP contribution in [0.15, 0.2) is 0 Å². The Bertz CT molecular complexity index is 226. The summed E-state index contributed by atoms with van der Waals surface area (Å²) >= 11 is 0. The molecule has 2 N–H and O–H groups in total. The van der Waals surface area contributed by atoms with Gasteiger partial charge in [-0.05, 0) is 38.8 Å². The highest BCUT2D eigenvalue weighted by atomic mass is 16.5. The lowest BCUT2D eigenvalue weighted by Gasteiger charge is -2.51. The zero-order valence-corrected chi connectivity index (χ0v) is 10.9. The molecule has 0 amide bonds. The van der Waals surface area contributed by atoms with Gasteiger partial charge in [0.2, 0.25) is 0 Å². The van der Waals surface area contributed by atoms with Crippen molar-refractivity contribution in [3.63, 3.8) is 0 Å². The Morgan fingerprint density at radius 2 is 1.88 bits per heavy atom. The zero-order chi connectivity index (χ0) is 11.6. The van der Waals surface area contributed by atoms with Gasteiger partial charge in [0, 0.05) is 24.6 Å². The maximum absolute atomic E-state index is 5.45. The predicted octanol–water partition coefficient (Wildman–Crippen LogP) is 1.53. The van der Waals surface area contributed by atoms with E-state index < -0.39 is 0 Å². The van der Waals surface area contributed by atoms with E-state index in [-0.39, 0.29) is 0 Å². The molecule has 0 aromatic rings. The van der Waals surface area contributed by atoms with Gasteiger partial charge in [-0.2, -0.15) is 0 Å². The van der Waals surface area contributed by atoms with Gasteiger partial charge in [-0.15, -0.1) is 0 Å². The van der Waals surface area contributed by atoms with Crippen LogP contribution < -0.4 is 10.6 Å². The van der Waals surface area contributed by atoms with E-state index >= 15 is 0 Å². The third kappa shape index (κ3) is 2.76. The summed E-state index contributed by atoms with van der Waals surface area (Å²) in [6, 6.07) is 1.48. The van der Waals surface area contributed by atoms with E-state index in [1.807, 2.05) is 7.11 Å². The van der Waals surface area contributed by atoms with Crippen molar-refractivity contribution in [2.75, 3.05) is 20.2 Å². The molecule has 0 spiro atoms. The first-order valence-electron chi connectivity index (χ1n) is 6.64. The van der Waals surface area contributed by atoms with Crippen molar-refractivity contribution in [1.82, 2.24) is 10.6 Å². The summed E-state index contributed by atoms with van der Waals surface area (Å²) in [5.41, 5.74) is 0.304. The molecular weight excluding hydrogens is 200 g/mol. The largest absolute Gasteiger partial charge is 0.381 e. The van der Waals surface area contributed by atoms with Gasteiger partial charge in [-0.1, -0.05) is 13.8 Å². The van der Waals surface area contributed by atoms with Gasteiger partial charge in [-0.3, -0.25) is 0 Å². The van der Waals surface area contributed by atoms with Gasteiger partial charge >= 0.3 is 0 Å². The highest BCUT2D eigenvalue weighted by Crippen LogP contribution is 2.42. The van der Waals surface area contributed by atoms with Crippen molar-refractivity contribution in [1.29, 1.82) is 0 Å². The maximum atomic E-state index is 5.45. The molecule has 2 aliphatic carbocycles. The molecule has 0 saturated heterocycles. The van der Waals surface area contributed by atoms with Crippen molar-refractivity contribution in [2.24, 2.45) is 5.41 Å². The van der Waals surface area contributed by atoms with E-state index in [9.17, 15) is 0 Å². The Balaban J connectivity index is 1.53. The Kier molecular flexibility index (Phi) is 3.88. The average molecular weight is 226 g/mol. The summed E-state index contributed by atoms with van der Waals surface area (Å²) in [5, 5.41) is 7.19. The van der Waals surface area contributed by atoms with Gasteiger partial charge in [0.25, 0.3) is 0 Å². The molecular formula is C13H26N2O. The van der Waals surface area contributed by atoms with Crippen LogP contribution in [0.25, 0.3) is 0 Å². The lowest BCUT2D eigenvalue weighted by Crippen LogP contribution is -2.60. The molecule has 2 fully saturated rings. The summed E-state index contributed by atoms with van der Waals surface area (Å²) in [7, 11) is 1.82. The minimum absolute atomic E-state index is 0.304. The lowest BCUT2D eigenvalue weighted by molar-refractivity contribution is -0.0972. The minimum Gasteiger partial charge on any atom is -0.381 e. The van der Waals surface area contributed by atoms with Crippen LogP contribution in [0.2, 0.25) is 0 Å². The van der Waals surface area contributed by atoms with Crippen LogP contribution in [0.4, 0.5) is 0 Å². The summed E-state index contributed by atoms with van der Waals surface area (Å²) in [6.07, 6.45) is 5.62. The molecule has 0 aliphatic heterocycles. The molecule has 94 valence electrons. The summed E-state index contributed by atoms with van der Waals surface area (Å²) in [4.78, 5) is 0. The highest BCUT2D eigenvalue weighted by Gasteiger charge is 2.47. The molecule has 2 aliphatic rings. The molecule has 0 aromatic carbocycles. The first-order valence-corrected chi connectivity index (χ1v) is 6.64. The van der Waals surface area contributed by atoms with Crippen molar-refractivity contribution in [3.05, 3.63) is 0 Å². The first kappa shape index (κ1) is 12.3. The molecule has 0 radical (unpaired) electrons. The fraction of sp³-hybridized carbons (Fsp3) is 1.00. The third-order valence-corrected chi connectivity index (χ3v) is 4.22. The molecule has 0 heterocycles. The molecule has 3 nitrogen and oxygen atoms in total. The molecule has 2 rings (SSSR count). The highest BCUT2D eigenvalue weighted by molar-refractivity contribution is 5.02. The average Bonchev–Trinajstić information content (AvgIpc) is 3.05.